The second-order valence-electron chi connectivity index (χ2n) is 3.83. The van der Waals surface area contributed by atoms with Gasteiger partial charge < -0.3 is 10.4 Å². The van der Waals surface area contributed by atoms with Crippen LogP contribution in [0.4, 0.5) is 5.69 Å². The van der Waals surface area contributed by atoms with Crippen LogP contribution in [-0.2, 0) is 6.54 Å². The highest BCUT2D eigenvalue weighted by Gasteiger charge is 2.10. The summed E-state index contributed by atoms with van der Waals surface area (Å²) in [4.78, 5) is 12.2. The Labute approximate surface area is 114 Å². The standard InChI is InChI=1S/C13H12ClNO2S/c1-8-9(6-12(18-8)13(16)17)7-15-11-5-3-2-4-10(11)14/h2-6,15H,7H2,1H3,(H,16,17). The third-order valence-corrected chi connectivity index (χ3v) is 3.98. The third-order valence-electron chi connectivity index (χ3n) is 2.57. The average molecular weight is 282 g/mol. The van der Waals surface area contributed by atoms with Gasteiger partial charge in [-0.1, -0.05) is 23.7 Å². The summed E-state index contributed by atoms with van der Waals surface area (Å²) in [5.41, 5.74) is 1.83. The van der Waals surface area contributed by atoms with Gasteiger partial charge >= 0.3 is 5.97 Å². The molecule has 0 radical (unpaired) electrons. The molecular weight excluding hydrogens is 270 g/mol. The van der Waals surface area contributed by atoms with Crippen molar-refractivity contribution in [2.24, 2.45) is 0 Å². The topological polar surface area (TPSA) is 49.3 Å². The molecule has 3 nitrogen and oxygen atoms in total. The summed E-state index contributed by atoms with van der Waals surface area (Å²) in [6.45, 7) is 2.49. The van der Waals surface area contributed by atoms with Gasteiger partial charge in [-0.2, -0.15) is 0 Å². The first kappa shape index (κ1) is 12.9. The first-order valence-electron chi connectivity index (χ1n) is 5.39. The molecule has 1 aromatic heterocycles. The molecule has 1 heterocycles. The lowest BCUT2D eigenvalue weighted by atomic mass is 10.2. The number of thiophene rings is 1. The molecule has 0 aliphatic carbocycles. The summed E-state index contributed by atoms with van der Waals surface area (Å²) >= 11 is 7.32. The van der Waals surface area contributed by atoms with Crippen LogP contribution in [0.1, 0.15) is 20.1 Å². The van der Waals surface area contributed by atoms with Crippen LogP contribution in [0, 0.1) is 6.92 Å². The van der Waals surface area contributed by atoms with E-state index in [0.717, 1.165) is 16.1 Å². The molecule has 0 fully saturated rings. The van der Waals surface area contributed by atoms with Crippen LogP contribution < -0.4 is 5.32 Å². The van der Waals surface area contributed by atoms with Crippen LogP contribution in [0.25, 0.3) is 0 Å². The predicted octanol–water partition coefficient (Wildman–Crippen LogP) is 4.02. The fourth-order valence-corrected chi connectivity index (χ4v) is 2.68. The van der Waals surface area contributed by atoms with Crippen molar-refractivity contribution in [3.63, 3.8) is 0 Å². The van der Waals surface area contributed by atoms with E-state index in [2.05, 4.69) is 5.32 Å². The first-order chi connectivity index (χ1) is 8.58. The van der Waals surface area contributed by atoms with Gasteiger partial charge in [0.05, 0.1) is 10.7 Å². The number of nitrogens with one attached hydrogen (secondary N) is 1. The monoisotopic (exact) mass is 281 g/mol. The van der Waals surface area contributed by atoms with E-state index < -0.39 is 5.97 Å². The van der Waals surface area contributed by atoms with Gasteiger partial charge in [0.1, 0.15) is 4.88 Å². The van der Waals surface area contributed by atoms with E-state index in [1.165, 1.54) is 11.3 Å². The van der Waals surface area contributed by atoms with Gasteiger partial charge in [-0.05, 0) is 30.7 Å². The molecule has 2 N–H and O–H groups in total. The van der Waals surface area contributed by atoms with E-state index in [4.69, 9.17) is 16.7 Å². The second-order valence-corrected chi connectivity index (χ2v) is 5.49. The minimum absolute atomic E-state index is 0.364. The number of aryl methyl sites for hydroxylation is 1. The van der Waals surface area contributed by atoms with Crippen molar-refractivity contribution in [2.75, 3.05) is 5.32 Å². The van der Waals surface area contributed by atoms with E-state index >= 15 is 0 Å². The molecule has 2 rings (SSSR count). The van der Waals surface area contributed by atoms with Crippen molar-refractivity contribution in [3.8, 4) is 0 Å². The van der Waals surface area contributed by atoms with Crippen LogP contribution in [0.15, 0.2) is 30.3 Å². The van der Waals surface area contributed by atoms with Crippen LogP contribution in [0.2, 0.25) is 5.02 Å². The zero-order chi connectivity index (χ0) is 13.1. The van der Waals surface area contributed by atoms with Crippen LogP contribution in [0.3, 0.4) is 0 Å². The lowest BCUT2D eigenvalue weighted by molar-refractivity contribution is 0.0702. The fraction of sp³-hybridized carbons (Fsp3) is 0.154. The molecule has 0 saturated carbocycles. The maximum absolute atomic E-state index is 10.9. The molecule has 0 saturated heterocycles. The van der Waals surface area contributed by atoms with E-state index in [-0.39, 0.29) is 0 Å². The molecule has 2 aromatic rings. The van der Waals surface area contributed by atoms with Crippen molar-refractivity contribution < 1.29 is 9.90 Å². The van der Waals surface area contributed by atoms with Gasteiger partial charge in [0, 0.05) is 11.4 Å². The minimum Gasteiger partial charge on any atom is -0.477 e. The SMILES string of the molecule is Cc1sc(C(=O)O)cc1CNc1ccccc1Cl. The fourth-order valence-electron chi connectivity index (χ4n) is 1.60. The lowest BCUT2D eigenvalue weighted by Gasteiger charge is -2.07. The summed E-state index contributed by atoms with van der Waals surface area (Å²) in [5.74, 6) is -0.882. The molecule has 1 aromatic carbocycles. The molecule has 18 heavy (non-hydrogen) atoms. The van der Waals surface area contributed by atoms with Gasteiger partial charge in [-0.15, -0.1) is 11.3 Å². The van der Waals surface area contributed by atoms with Gasteiger partial charge in [0.2, 0.25) is 0 Å². The Morgan fingerprint density at radius 2 is 2.17 bits per heavy atom. The zero-order valence-electron chi connectivity index (χ0n) is 9.74. The number of halogens is 1. The molecule has 0 amide bonds. The highest BCUT2D eigenvalue weighted by atomic mass is 35.5. The highest BCUT2D eigenvalue weighted by Crippen LogP contribution is 2.25. The minimum atomic E-state index is -0.882. The molecular formula is C13H12ClNO2S. The van der Waals surface area contributed by atoms with Crippen molar-refractivity contribution in [1.29, 1.82) is 0 Å². The summed E-state index contributed by atoms with van der Waals surface area (Å²) in [6.07, 6.45) is 0. The van der Waals surface area contributed by atoms with Gasteiger partial charge in [0.25, 0.3) is 0 Å². The Hall–Kier alpha value is -1.52. The quantitative estimate of drug-likeness (QED) is 0.890. The number of benzene rings is 1. The number of carboxylic acid groups (broad SMARTS) is 1. The maximum atomic E-state index is 10.9. The van der Waals surface area contributed by atoms with Crippen molar-refractivity contribution in [1.82, 2.24) is 0 Å². The molecule has 0 spiro atoms. The summed E-state index contributed by atoms with van der Waals surface area (Å²) in [5, 5.41) is 12.8. The molecule has 0 bridgehead atoms. The van der Waals surface area contributed by atoms with Crippen LogP contribution in [0.5, 0.6) is 0 Å². The van der Waals surface area contributed by atoms with Crippen molar-refractivity contribution in [3.05, 3.63) is 50.7 Å². The molecule has 94 valence electrons. The number of carbonyl (C=O) groups is 1. The van der Waals surface area contributed by atoms with E-state index in [1.807, 2.05) is 31.2 Å². The van der Waals surface area contributed by atoms with Crippen molar-refractivity contribution >= 4 is 34.6 Å². The van der Waals surface area contributed by atoms with E-state index in [1.54, 1.807) is 6.07 Å². The Morgan fingerprint density at radius 1 is 1.44 bits per heavy atom. The third kappa shape index (κ3) is 2.83. The van der Waals surface area contributed by atoms with Gasteiger partial charge in [0.15, 0.2) is 0 Å². The maximum Gasteiger partial charge on any atom is 0.345 e. The number of para-hydroxylation sites is 1. The number of hydrogen-bond donors (Lipinski definition) is 2. The molecule has 0 unspecified atom stereocenters. The molecule has 0 aliphatic heterocycles. The zero-order valence-corrected chi connectivity index (χ0v) is 11.3. The van der Waals surface area contributed by atoms with Crippen LogP contribution >= 0.6 is 22.9 Å². The van der Waals surface area contributed by atoms with Gasteiger partial charge in [-0.3, -0.25) is 0 Å². The summed E-state index contributed by atoms with van der Waals surface area (Å²) in [6, 6.07) is 9.17. The Morgan fingerprint density at radius 3 is 2.78 bits per heavy atom. The number of aromatic carboxylic acids is 1. The Bertz CT molecular complexity index is 580. The number of rotatable bonds is 4. The summed E-state index contributed by atoms with van der Waals surface area (Å²) in [7, 11) is 0. The molecule has 0 aliphatic rings. The number of hydrogen-bond acceptors (Lipinski definition) is 3. The average Bonchev–Trinajstić information content (AvgIpc) is 2.70. The smallest absolute Gasteiger partial charge is 0.345 e. The normalized spacial score (nSPS) is 10.3. The van der Waals surface area contributed by atoms with E-state index in [0.29, 0.717) is 16.4 Å². The lowest BCUT2D eigenvalue weighted by Crippen LogP contribution is -2.00. The van der Waals surface area contributed by atoms with Crippen LogP contribution in [-0.4, -0.2) is 11.1 Å². The van der Waals surface area contributed by atoms with Gasteiger partial charge in [-0.25, -0.2) is 4.79 Å². The highest BCUT2D eigenvalue weighted by molar-refractivity contribution is 7.14. The number of anilines is 1. The van der Waals surface area contributed by atoms with E-state index in [9.17, 15) is 4.79 Å². The second kappa shape index (κ2) is 5.42. The summed E-state index contributed by atoms with van der Waals surface area (Å²) < 4.78 is 0. The molecule has 5 heteroatoms. The molecule has 0 atom stereocenters. The number of carboxylic acids is 1. The largest absolute Gasteiger partial charge is 0.477 e. The Balaban J connectivity index is 2.11. The first-order valence-corrected chi connectivity index (χ1v) is 6.58. The Kier molecular flexibility index (Phi) is 3.89. The predicted molar refractivity (Wildman–Crippen MR) is 74.8 cm³/mol. The van der Waals surface area contributed by atoms with Crippen molar-refractivity contribution in [2.45, 2.75) is 13.5 Å².